The second kappa shape index (κ2) is 7.20. The number of aromatic nitrogens is 1. The Balaban J connectivity index is 2.09. The van der Waals surface area contributed by atoms with E-state index in [1.165, 1.54) is 0 Å². The van der Waals surface area contributed by atoms with Crippen LogP contribution in [0.25, 0.3) is 0 Å². The zero-order valence-corrected chi connectivity index (χ0v) is 12.4. The fraction of sp³-hybridized carbons (Fsp3) is 0.562. The Hall–Kier alpha value is -1.91. The molecule has 1 aromatic rings. The van der Waals surface area contributed by atoms with Crippen molar-refractivity contribution in [3.8, 4) is 0 Å². The zero-order chi connectivity index (χ0) is 15.2. The van der Waals surface area contributed by atoms with Crippen molar-refractivity contribution < 1.29 is 14.7 Å². The monoisotopic (exact) mass is 290 g/mol. The van der Waals surface area contributed by atoms with Crippen molar-refractivity contribution in [2.24, 2.45) is 11.8 Å². The third kappa shape index (κ3) is 3.80. The number of carboxylic acids is 1. The van der Waals surface area contributed by atoms with Crippen LogP contribution in [-0.4, -0.2) is 33.4 Å². The quantitative estimate of drug-likeness (QED) is 0.903. The smallest absolute Gasteiger partial charge is 0.307 e. The van der Waals surface area contributed by atoms with Gasteiger partial charge in [0, 0.05) is 12.7 Å². The number of nitrogens with zero attached hydrogens (tertiary/aromatic N) is 2. The van der Waals surface area contributed by atoms with Crippen LogP contribution < -0.4 is 0 Å². The number of carboxylic acid groups (broad SMARTS) is 1. The number of carbonyl (C=O) groups excluding carboxylic acids is 1. The summed E-state index contributed by atoms with van der Waals surface area (Å²) in [6.45, 7) is 2.93. The minimum absolute atomic E-state index is 0.0461. The van der Waals surface area contributed by atoms with Gasteiger partial charge in [0.15, 0.2) is 0 Å². The number of carbonyl (C=O) groups is 2. The number of rotatable bonds is 5. The zero-order valence-electron chi connectivity index (χ0n) is 12.4. The molecular weight excluding hydrogens is 268 g/mol. The molecule has 1 heterocycles. The number of hydrogen-bond acceptors (Lipinski definition) is 3. The maximum atomic E-state index is 12.7. The van der Waals surface area contributed by atoms with E-state index in [0.717, 1.165) is 18.5 Å². The van der Waals surface area contributed by atoms with E-state index in [1.807, 2.05) is 25.1 Å². The van der Waals surface area contributed by atoms with Crippen LogP contribution in [0.5, 0.6) is 0 Å². The predicted molar refractivity (Wildman–Crippen MR) is 78.4 cm³/mol. The fourth-order valence-electron chi connectivity index (χ4n) is 2.99. The van der Waals surface area contributed by atoms with Crippen molar-refractivity contribution in [2.75, 3.05) is 6.54 Å². The lowest BCUT2D eigenvalue weighted by molar-refractivity contribution is -0.152. The van der Waals surface area contributed by atoms with Gasteiger partial charge in [-0.05, 0) is 31.9 Å². The van der Waals surface area contributed by atoms with Crippen molar-refractivity contribution in [1.82, 2.24) is 9.88 Å². The lowest BCUT2D eigenvalue weighted by Crippen LogP contribution is -2.42. The fourth-order valence-corrected chi connectivity index (χ4v) is 2.99. The van der Waals surface area contributed by atoms with E-state index in [2.05, 4.69) is 4.98 Å². The molecule has 114 valence electrons. The first kappa shape index (κ1) is 15.5. The average Bonchev–Trinajstić information content (AvgIpc) is 2.53. The molecule has 0 bridgehead atoms. The lowest BCUT2D eigenvalue weighted by atomic mass is 9.78. The highest BCUT2D eigenvalue weighted by Gasteiger charge is 2.37. The molecule has 0 saturated heterocycles. The second-order valence-corrected chi connectivity index (χ2v) is 5.51. The van der Waals surface area contributed by atoms with Crippen LogP contribution in [0, 0.1) is 11.8 Å². The first-order valence-electron chi connectivity index (χ1n) is 7.55. The summed E-state index contributed by atoms with van der Waals surface area (Å²) in [6, 6.07) is 5.61. The first-order valence-corrected chi connectivity index (χ1v) is 7.55. The van der Waals surface area contributed by atoms with Crippen LogP contribution in [0.4, 0.5) is 0 Å². The maximum Gasteiger partial charge on any atom is 0.307 e. The van der Waals surface area contributed by atoms with E-state index in [-0.39, 0.29) is 11.8 Å². The van der Waals surface area contributed by atoms with Gasteiger partial charge < -0.3 is 10.0 Å². The summed E-state index contributed by atoms with van der Waals surface area (Å²) in [6.07, 6.45) is 4.81. The molecule has 2 rings (SSSR count). The molecule has 1 aliphatic carbocycles. The minimum atomic E-state index is -0.845. The standard InChI is InChI=1S/C16H22N2O3/c1-2-18(11-12-7-5-6-10-17-12)15(19)13-8-3-4-9-14(13)16(20)21/h5-7,10,13-14H,2-4,8-9,11H2,1H3,(H,20,21). The molecule has 0 radical (unpaired) electrons. The average molecular weight is 290 g/mol. The van der Waals surface area contributed by atoms with E-state index in [1.54, 1.807) is 11.1 Å². The number of hydrogen-bond donors (Lipinski definition) is 1. The SMILES string of the molecule is CCN(Cc1ccccn1)C(=O)C1CCCCC1C(=O)O. The first-order chi connectivity index (χ1) is 10.1. The van der Waals surface area contributed by atoms with Gasteiger partial charge in [0.1, 0.15) is 0 Å². The molecule has 1 amide bonds. The van der Waals surface area contributed by atoms with Crippen molar-refractivity contribution in [3.63, 3.8) is 0 Å². The topological polar surface area (TPSA) is 70.5 Å². The van der Waals surface area contributed by atoms with Gasteiger partial charge in [-0.2, -0.15) is 0 Å². The van der Waals surface area contributed by atoms with Crippen LogP contribution in [0.1, 0.15) is 38.3 Å². The third-order valence-corrected chi connectivity index (χ3v) is 4.17. The van der Waals surface area contributed by atoms with Gasteiger partial charge in [-0.25, -0.2) is 0 Å². The number of pyridine rings is 1. The van der Waals surface area contributed by atoms with Crippen LogP contribution in [0.15, 0.2) is 24.4 Å². The van der Waals surface area contributed by atoms with Gasteiger partial charge in [0.25, 0.3) is 0 Å². The Morgan fingerprint density at radius 1 is 1.29 bits per heavy atom. The van der Waals surface area contributed by atoms with Crippen LogP contribution in [0.2, 0.25) is 0 Å². The summed E-state index contributed by atoms with van der Waals surface area (Å²) in [5.41, 5.74) is 0.829. The molecule has 5 nitrogen and oxygen atoms in total. The molecule has 1 saturated carbocycles. The molecule has 2 atom stereocenters. The van der Waals surface area contributed by atoms with Gasteiger partial charge in [-0.3, -0.25) is 14.6 Å². The van der Waals surface area contributed by atoms with E-state index >= 15 is 0 Å². The van der Waals surface area contributed by atoms with E-state index < -0.39 is 11.9 Å². The molecule has 1 N–H and O–H groups in total. The van der Waals surface area contributed by atoms with Gasteiger partial charge in [0.05, 0.1) is 24.1 Å². The Morgan fingerprint density at radius 2 is 2.00 bits per heavy atom. The Labute approximate surface area is 125 Å². The number of aliphatic carboxylic acids is 1. The van der Waals surface area contributed by atoms with Crippen LogP contribution in [0.3, 0.4) is 0 Å². The molecule has 1 fully saturated rings. The molecule has 0 aromatic carbocycles. The molecule has 21 heavy (non-hydrogen) atoms. The largest absolute Gasteiger partial charge is 0.481 e. The van der Waals surface area contributed by atoms with Crippen molar-refractivity contribution in [1.29, 1.82) is 0 Å². The summed E-state index contributed by atoms with van der Waals surface area (Å²) in [7, 11) is 0. The summed E-state index contributed by atoms with van der Waals surface area (Å²) >= 11 is 0. The highest BCUT2D eigenvalue weighted by Crippen LogP contribution is 2.32. The predicted octanol–water partition coefficient (Wildman–Crippen LogP) is 2.32. The normalized spacial score (nSPS) is 21.8. The molecule has 5 heteroatoms. The van der Waals surface area contributed by atoms with Crippen molar-refractivity contribution in [2.45, 2.75) is 39.2 Å². The summed E-state index contributed by atoms with van der Waals surface area (Å²) in [5.74, 6) is -1.82. The highest BCUT2D eigenvalue weighted by atomic mass is 16.4. The van der Waals surface area contributed by atoms with E-state index in [0.29, 0.717) is 25.9 Å². The van der Waals surface area contributed by atoms with Gasteiger partial charge in [-0.15, -0.1) is 0 Å². The molecular formula is C16H22N2O3. The summed E-state index contributed by atoms with van der Waals surface area (Å²) in [4.78, 5) is 30.0. The summed E-state index contributed by atoms with van der Waals surface area (Å²) < 4.78 is 0. The second-order valence-electron chi connectivity index (χ2n) is 5.51. The Bertz CT molecular complexity index is 490. The van der Waals surface area contributed by atoms with Crippen LogP contribution in [-0.2, 0) is 16.1 Å². The molecule has 1 aromatic heterocycles. The van der Waals surface area contributed by atoms with Crippen molar-refractivity contribution in [3.05, 3.63) is 30.1 Å². The van der Waals surface area contributed by atoms with Crippen LogP contribution >= 0.6 is 0 Å². The van der Waals surface area contributed by atoms with Gasteiger partial charge in [0.2, 0.25) is 5.91 Å². The molecule has 0 aliphatic heterocycles. The third-order valence-electron chi connectivity index (χ3n) is 4.17. The Morgan fingerprint density at radius 3 is 2.57 bits per heavy atom. The lowest BCUT2D eigenvalue weighted by Gasteiger charge is -2.32. The molecule has 0 spiro atoms. The van der Waals surface area contributed by atoms with E-state index in [9.17, 15) is 14.7 Å². The molecule has 1 aliphatic rings. The highest BCUT2D eigenvalue weighted by molar-refractivity contribution is 5.85. The van der Waals surface area contributed by atoms with Gasteiger partial charge >= 0.3 is 5.97 Å². The van der Waals surface area contributed by atoms with Crippen molar-refractivity contribution >= 4 is 11.9 Å². The summed E-state index contributed by atoms with van der Waals surface area (Å²) in [5, 5.41) is 9.32. The maximum absolute atomic E-state index is 12.7. The van der Waals surface area contributed by atoms with Gasteiger partial charge in [-0.1, -0.05) is 18.9 Å². The van der Waals surface area contributed by atoms with E-state index in [4.69, 9.17) is 0 Å². The Kier molecular flexibility index (Phi) is 5.31. The molecule has 2 unspecified atom stereocenters. The minimum Gasteiger partial charge on any atom is -0.481 e. The number of amides is 1.